The number of rotatable bonds is 8. The van der Waals surface area contributed by atoms with Crippen molar-refractivity contribution in [3.05, 3.63) is 72.2 Å². The predicted molar refractivity (Wildman–Crippen MR) is 140 cm³/mol. The molecule has 9 nitrogen and oxygen atoms in total. The molecule has 1 aromatic heterocycles. The molecule has 1 amide bonds. The number of nitrogens with one attached hydrogen (secondary N) is 1. The SMILES string of the molecule is CN(Cc1cc(-c2ccccc2F)n(S(=O)(=O)c2cccc(NS(=O)(=O)CC(F)(F)F)c2)c1)C(=O)OC(C)(C)C. The number of alkyl halides is 3. The lowest BCUT2D eigenvalue weighted by Crippen LogP contribution is -2.33. The van der Waals surface area contributed by atoms with Gasteiger partial charge in [-0.3, -0.25) is 4.72 Å². The van der Waals surface area contributed by atoms with Crippen LogP contribution < -0.4 is 4.72 Å². The van der Waals surface area contributed by atoms with Crippen molar-refractivity contribution in [1.29, 1.82) is 0 Å². The molecule has 0 bridgehead atoms. The average Bonchev–Trinajstić information content (AvgIpc) is 3.20. The second-order valence-corrected chi connectivity index (χ2v) is 13.4. The first-order valence-corrected chi connectivity index (χ1v) is 14.7. The van der Waals surface area contributed by atoms with Crippen LogP contribution >= 0.6 is 0 Å². The second kappa shape index (κ2) is 11.1. The number of ether oxygens (including phenoxy) is 1. The van der Waals surface area contributed by atoms with Gasteiger partial charge >= 0.3 is 12.3 Å². The van der Waals surface area contributed by atoms with E-state index in [0.717, 1.165) is 34.3 Å². The topological polar surface area (TPSA) is 115 Å². The van der Waals surface area contributed by atoms with Gasteiger partial charge in [-0.1, -0.05) is 18.2 Å². The van der Waals surface area contributed by atoms with Crippen LogP contribution in [0, 0.1) is 5.82 Å². The second-order valence-electron chi connectivity index (χ2n) is 9.85. The largest absolute Gasteiger partial charge is 0.444 e. The molecule has 0 atom stereocenters. The van der Waals surface area contributed by atoms with Crippen molar-refractivity contribution in [1.82, 2.24) is 8.87 Å². The molecule has 15 heteroatoms. The first-order chi connectivity index (χ1) is 18.3. The first-order valence-electron chi connectivity index (χ1n) is 11.6. The highest BCUT2D eigenvalue weighted by molar-refractivity contribution is 7.92. The molecule has 0 unspecified atom stereocenters. The van der Waals surface area contributed by atoms with E-state index in [0.29, 0.717) is 0 Å². The number of carbonyl (C=O) groups is 1. The third-order valence-electron chi connectivity index (χ3n) is 5.14. The lowest BCUT2D eigenvalue weighted by Gasteiger charge is -2.24. The van der Waals surface area contributed by atoms with Crippen molar-refractivity contribution in [3.8, 4) is 11.3 Å². The van der Waals surface area contributed by atoms with Gasteiger partial charge in [-0.15, -0.1) is 0 Å². The monoisotopic (exact) mass is 605 g/mol. The van der Waals surface area contributed by atoms with Crippen LogP contribution in [0.2, 0.25) is 0 Å². The van der Waals surface area contributed by atoms with E-state index in [2.05, 4.69) is 0 Å². The molecular formula is C25H27F4N3O6S2. The van der Waals surface area contributed by atoms with Gasteiger partial charge in [0.1, 0.15) is 11.4 Å². The third-order valence-corrected chi connectivity index (χ3v) is 8.06. The van der Waals surface area contributed by atoms with Crippen LogP contribution in [-0.2, 0) is 31.3 Å². The fraction of sp³-hybridized carbons (Fsp3) is 0.320. The van der Waals surface area contributed by atoms with E-state index in [1.807, 2.05) is 0 Å². The molecule has 0 saturated heterocycles. The summed E-state index contributed by atoms with van der Waals surface area (Å²) in [6.45, 7) is 4.91. The summed E-state index contributed by atoms with van der Waals surface area (Å²) in [5.41, 5.74) is -1.11. The maximum atomic E-state index is 14.8. The van der Waals surface area contributed by atoms with Crippen LogP contribution in [0.4, 0.5) is 28.0 Å². The van der Waals surface area contributed by atoms with Crippen molar-refractivity contribution in [2.24, 2.45) is 0 Å². The Kier molecular flexibility index (Phi) is 8.60. The van der Waals surface area contributed by atoms with Gasteiger partial charge in [-0.05, 0) is 62.7 Å². The zero-order valence-corrected chi connectivity index (χ0v) is 23.5. The predicted octanol–water partition coefficient (Wildman–Crippen LogP) is 5.20. The Hall–Kier alpha value is -3.59. The molecule has 0 aliphatic carbocycles. The number of amides is 1. The molecule has 3 rings (SSSR count). The summed E-state index contributed by atoms with van der Waals surface area (Å²) in [7, 11) is -8.01. The summed E-state index contributed by atoms with van der Waals surface area (Å²) < 4.78 is 112. The van der Waals surface area contributed by atoms with Crippen LogP contribution in [0.3, 0.4) is 0 Å². The van der Waals surface area contributed by atoms with E-state index in [1.165, 1.54) is 42.4 Å². The number of hydrogen-bond acceptors (Lipinski definition) is 6. The number of anilines is 1. The summed E-state index contributed by atoms with van der Waals surface area (Å²) in [5.74, 6) is -2.90. The number of benzene rings is 2. The van der Waals surface area contributed by atoms with E-state index in [4.69, 9.17) is 4.74 Å². The molecule has 0 radical (unpaired) electrons. The normalized spacial score (nSPS) is 12.7. The number of nitrogens with zero attached hydrogens (tertiary/aromatic N) is 2. The summed E-state index contributed by atoms with van der Waals surface area (Å²) in [6.07, 6.45) is -4.54. The molecule has 1 N–H and O–H groups in total. The number of halogens is 4. The Balaban J connectivity index is 2.05. The van der Waals surface area contributed by atoms with Crippen molar-refractivity contribution in [2.45, 2.75) is 44.0 Å². The molecule has 0 aliphatic rings. The minimum absolute atomic E-state index is 0.0840. The third kappa shape index (κ3) is 7.97. The highest BCUT2D eigenvalue weighted by Crippen LogP contribution is 2.31. The fourth-order valence-corrected chi connectivity index (χ4v) is 6.02. The number of hydrogen-bond donors (Lipinski definition) is 1. The lowest BCUT2D eigenvalue weighted by molar-refractivity contribution is -0.106. The van der Waals surface area contributed by atoms with Gasteiger partial charge in [0, 0.05) is 24.5 Å². The van der Waals surface area contributed by atoms with Crippen molar-refractivity contribution >= 4 is 31.8 Å². The minimum atomic E-state index is -5.02. The zero-order chi connectivity index (χ0) is 30.1. The first kappa shape index (κ1) is 30.9. The molecular weight excluding hydrogens is 578 g/mol. The molecule has 2 aromatic carbocycles. The summed E-state index contributed by atoms with van der Waals surface area (Å²) >= 11 is 0. The summed E-state index contributed by atoms with van der Waals surface area (Å²) in [5, 5.41) is 0. The molecule has 40 heavy (non-hydrogen) atoms. The maximum Gasteiger partial charge on any atom is 0.410 e. The Labute approximate surface area is 229 Å². The van der Waals surface area contributed by atoms with Crippen LogP contribution in [0.1, 0.15) is 26.3 Å². The van der Waals surface area contributed by atoms with Gasteiger partial charge in [-0.25, -0.2) is 30.0 Å². The zero-order valence-electron chi connectivity index (χ0n) is 21.9. The molecule has 3 aromatic rings. The highest BCUT2D eigenvalue weighted by atomic mass is 32.2. The average molecular weight is 606 g/mol. The Morgan fingerprint density at radius 1 is 1.00 bits per heavy atom. The fourth-order valence-electron chi connectivity index (χ4n) is 3.59. The quantitative estimate of drug-likeness (QED) is 0.353. The summed E-state index contributed by atoms with van der Waals surface area (Å²) in [6, 6.07) is 10.9. The number of sulfonamides is 1. The Bertz CT molecular complexity index is 1610. The molecule has 0 spiro atoms. The lowest BCUT2D eigenvalue weighted by atomic mass is 10.1. The van der Waals surface area contributed by atoms with E-state index in [1.54, 1.807) is 25.5 Å². The van der Waals surface area contributed by atoms with Gasteiger partial charge in [0.25, 0.3) is 10.0 Å². The van der Waals surface area contributed by atoms with E-state index < -0.39 is 60.1 Å². The van der Waals surface area contributed by atoms with Gasteiger partial charge in [0.05, 0.1) is 17.1 Å². The molecule has 0 fully saturated rings. The smallest absolute Gasteiger partial charge is 0.410 e. The maximum absolute atomic E-state index is 14.8. The Morgan fingerprint density at radius 3 is 2.25 bits per heavy atom. The number of aromatic nitrogens is 1. The van der Waals surface area contributed by atoms with Crippen molar-refractivity contribution in [2.75, 3.05) is 17.5 Å². The van der Waals surface area contributed by atoms with Gasteiger partial charge in [-0.2, -0.15) is 13.2 Å². The molecule has 0 saturated carbocycles. The van der Waals surface area contributed by atoms with Crippen molar-refractivity contribution < 1.29 is 43.9 Å². The summed E-state index contributed by atoms with van der Waals surface area (Å²) in [4.78, 5) is 13.1. The number of carbonyl (C=O) groups excluding carboxylic acids is 1. The highest BCUT2D eigenvalue weighted by Gasteiger charge is 2.35. The van der Waals surface area contributed by atoms with Gasteiger partial charge in [0.2, 0.25) is 10.0 Å². The van der Waals surface area contributed by atoms with E-state index in [9.17, 15) is 39.2 Å². The van der Waals surface area contributed by atoms with Crippen LogP contribution in [-0.4, -0.2) is 56.4 Å². The Morgan fingerprint density at radius 2 is 1.65 bits per heavy atom. The van der Waals surface area contributed by atoms with E-state index >= 15 is 0 Å². The van der Waals surface area contributed by atoms with Crippen molar-refractivity contribution in [3.63, 3.8) is 0 Å². The minimum Gasteiger partial charge on any atom is -0.444 e. The molecule has 218 valence electrons. The van der Waals surface area contributed by atoms with Gasteiger partial charge < -0.3 is 9.64 Å². The van der Waals surface area contributed by atoms with E-state index in [-0.39, 0.29) is 23.4 Å². The van der Waals surface area contributed by atoms with Crippen LogP contribution in [0.5, 0.6) is 0 Å². The molecule has 1 heterocycles. The molecule has 0 aliphatic heterocycles. The standard InChI is InChI=1S/C25H27F4N3O6S2/c1-24(2,3)38-23(33)31(4)14-17-12-22(20-10-5-6-11-21(20)26)32(15-17)40(36,37)19-9-7-8-18(13-19)30-39(34,35)16-25(27,28)29/h5-13,15,30H,14,16H2,1-4H3. The van der Waals surface area contributed by atoms with Crippen LogP contribution in [0.15, 0.2) is 65.7 Å². The van der Waals surface area contributed by atoms with Crippen LogP contribution in [0.25, 0.3) is 11.3 Å². The van der Waals surface area contributed by atoms with Gasteiger partial charge in [0.15, 0.2) is 5.75 Å².